The number of nitrogen functional groups attached to an aromatic ring is 1. The minimum absolute atomic E-state index is 0.0929. The van der Waals surface area contributed by atoms with Gasteiger partial charge in [0.25, 0.3) is 0 Å². The summed E-state index contributed by atoms with van der Waals surface area (Å²) in [5.41, 5.74) is 7.12. The first kappa shape index (κ1) is 21.5. The Bertz CT molecular complexity index is 831. The van der Waals surface area contributed by atoms with Crippen molar-refractivity contribution in [1.29, 1.82) is 0 Å². The largest absolute Gasteiger partial charge is 0.498 e. The molecule has 9 heteroatoms. The normalized spacial score (nSPS) is 17.5. The van der Waals surface area contributed by atoms with Crippen LogP contribution in [0.25, 0.3) is 11.3 Å². The number of hydrogen-bond acceptors (Lipinski definition) is 8. The molecule has 1 aromatic heterocycles. The maximum Gasteiger partial charge on any atom is 0.498 e. The van der Waals surface area contributed by atoms with Gasteiger partial charge in [-0.3, -0.25) is 0 Å². The Morgan fingerprint density at radius 2 is 1.79 bits per heavy atom. The van der Waals surface area contributed by atoms with Gasteiger partial charge in [0.15, 0.2) is 6.79 Å². The molecule has 1 aromatic carbocycles. The van der Waals surface area contributed by atoms with Crippen molar-refractivity contribution in [1.82, 2.24) is 9.97 Å². The minimum atomic E-state index is -0.590. The zero-order valence-corrected chi connectivity index (χ0v) is 17.6. The van der Waals surface area contributed by atoms with Crippen LogP contribution in [0.15, 0.2) is 30.5 Å². The maximum atomic E-state index is 6.23. The standard InChI is InChI=1S/C20H28BN3O5/c1-19(2)20(3,4)29-21(28-19)15-12-14(16-8-9-23-18(22)24-16)6-7-17(15)27-13-26-11-10-25-5/h6-9,12H,10-11,13H2,1-5H3,(H2,22,23,24). The fourth-order valence-electron chi connectivity index (χ4n) is 2.83. The summed E-state index contributed by atoms with van der Waals surface area (Å²) in [6.45, 7) is 9.08. The van der Waals surface area contributed by atoms with E-state index in [2.05, 4.69) is 9.97 Å². The second-order valence-electron chi connectivity index (χ2n) is 7.80. The van der Waals surface area contributed by atoms with Gasteiger partial charge in [-0.1, -0.05) is 0 Å². The zero-order valence-electron chi connectivity index (χ0n) is 17.6. The Labute approximate surface area is 171 Å². The molecule has 2 aromatic rings. The second kappa shape index (κ2) is 8.67. The SMILES string of the molecule is COCCOCOc1ccc(-c2ccnc(N)n2)cc1B1OC(C)(C)C(C)(C)O1. The van der Waals surface area contributed by atoms with E-state index >= 15 is 0 Å². The number of nitrogens with zero attached hydrogens (tertiary/aromatic N) is 2. The van der Waals surface area contributed by atoms with Crippen molar-refractivity contribution in [2.24, 2.45) is 0 Å². The molecule has 3 rings (SSSR count). The summed E-state index contributed by atoms with van der Waals surface area (Å²) < 4.78 is 28.7. The van der Waals surface area contributed by atoms with E-state index in [9.17, 15) is 0 Å². The van der Waals surface area contributed by atoms with Crippen LogP contribution in [0.5, 0.6) is 5.75 Å². The lowest BCUT2D eigenvalue weighted by molar-refractivity contribution is -0.00811. The summed E-state index contributed by atoms with van der Waals surface area (Å²) >= 11 is 0. The van der Waals surface area contributed by atoms with Crippen LogP contribution in [0.1, 0.15) is 27.7 Å². The van der Waals surface area contributed by atoms with Crippen LogP contribution in [-0.4, -0.2) is 55.4 Å². The molecule has 0 atom stereocenters. The van der Waals surface area contributed by atoms with Crippen LogP contribution in [0.2, 0.25) is 0 Å². The van der Waals surface area contributed by atoms with E-state index in [1.54, 1.807) is 19.4 Å². The van der Waals surface area contributed by atoms with Gasteiger partial charge in [-0.2, -0.15) is 0 Å². The van der Waals surface area contributed by atoms with Gasteiger partial charge in [0.05, 0.1) is 30.1 Å². The third-order valence-corrected chi connectivity index (χ3v) is 5.22. The topological polar surface area (TPSA) is 98.0 Å². The molecule has 156 valence electrons. The highest BCUT2D eigenvalue weighted by atomic mass is 16.7. The van der Waals surface area contributed by atoms with Gasteiger partial charge in [-0.15, -0.1) is 0 Å². The third kappa shape index (κ3) is 4.87. The summed E-state index contributed by atoms with van der Waals surface area (Å²) in [4.78, 5) is 8.25. The van der Waals surface area contributed by atoms with Crippen molar-refractivity contribution in [3.05, 3.63) is 30.5 Å². The van der Waals surface area contributed by atoms with Crippen LogP contribution in [0, 0.1) is 0 Å². The molecule has 0 saturated carbocycles. The van der Waals surface area contributed by atoms with E-state index < -0.39 is 18.3 Å². The molecule has 1 aliphatic heterocycles. The molecule has 0 amide bonds. The average Bonchev–Trinajstić information content (AvgIpc) is 2.89. The van der Waals surface area contributed by atoms with Gasteiger partial charge in [0, 0.05) is 24.3 Å². The molecule has 0 aliphatic carbocycles. The summed E-state index contributed by atoms with van der Waals surface area (Å²) in [7, 11) is 1.03. The monoisotopic (exact) mass is 401 g/mol. The zero-order chi connectivity index (χ0) is 21.1. The van der Waals surface area contributed by atoms with Gasteiger partial charge >= 0.3 is 7.12 Å². The third-order valence-electron chi connectivity index (χ3n) is 5.22. The van der Waals surface area contributed by atoms with Crippen molar-refractivity contribution in [3.8, 4) is 17.0 Å². The number of anilines is 1. The highest BCUT2D eigenvalue weighted by Gasteiger charge is 2.52. The molecule has 1 aliphatic rings. The summed E-state index contributed by atoms with van der Waals surface area (Å²) in [5, 5.41) is 0. The van der Waals surface area contributed by atoms with E-state index in [0.717, 1.165) is 11.0 Å². The molecule has 1 fully saturated rings. The predicted molar refractivity (Wildman–Crippen MR) is 111 cm³/mol. The molecule has 2 N–H and O–H groups in total. The van der Waals surface area contributed by atoms with Crippen molar-refractivity contribution < 1.29 is 23.5 Å². The molecule has 0 unspecified atom stereocenters. The Balaban J connectivity index is 1.90. The van der Waals surface area contributed by atoms with Gasteiger partial charge in [-0.25, -0.2) is 9.97 Å². The predicted octanol–water partition coefficient (Wildman–Crippen LogP) is 2.02. The first-order valence-electron chi connectivity index (χ1n) is 9.51. The van der Waals surface area contributed by atoms with Crippen LogP contribution in [0.4, 0.5) is 5.95 Å². The highest BCUT2D eigenvalue weighted by Crippen LogP contribution is 2.37. The fraction of sp³-hybridized carbons (Fsp3) is 0.500. The van der Waals surface area contributed by atoms with Gasteiger partial charge < -0.3 is 29.3 Å². The van der Waals surface area contributed by atoms with Crippen LogP contribution >= 0.6 is 0 Å². The molecule has 29 heavy (non-hydrogen) atoms. The first-order valence-corrected chi connectivity index (χ1v) is 9.51. The van der Waals surface area contributed by atoms with E-state index in [1.807, 2.05) is 45.9 Å². The number of ether oxygens (including phenoxy) is 3. The quantitative estimate of drug-likeness (QED) is 0.408. The smallest absolute Gasteiger partial charge is 0.468 e. The van der Waals surface area contributed by atoms with Crippen molar-refractivity contribution >= 4 is 18.5 Å². The molecule has 0 radical (unpaired) electrons. The average molecular weight is 401 g/mol. The summed E-state index contributed by atoms with van der Waals surface area (Å²) in [5.74, 6) is 0.832. The molecule has 1 saturated heterocycles. The van der Waals surface area contributed by atoms with E-state index in [4.69, 9.17) is 29.3 Å². The Hall–Kier alpha value is -2.20. The molecule has 0 bridgehead atoms. The number of hydrogen-bond donors (Lipinski definition) is 1. The van der Waals surface area contributed by atoms with E-state index in [1.165, 1.54) is 0 Å². The van der Waals surface area contributed by atoms with Gasteiger partial charge in [0.1, 0.15) is 5.75 Å². The van der Waals surface area contributed by atoms with Crippen molar-refractivity contribution in [2.45, 2.75) is 38.9 Å². The second-order valence-corrected chi connectivity index (χ2v) is 7.80. The Kier molecular flexibility index (Phi) is 6.43. The molecule has 0 spiro atoms. The van der Waals surface area contributed by atoms with E-state index in [0.29, 0.717) is 24.7 Å². The van der Waals surface area contributed by atoms with Gasteiger partial charge in [-0.05, 0) is 52.0 Å². The van der Waals surface area contributed by atoms with Crippen LogP contribution in [0.3, 0.4) is 0 Å². The molecule has 2 heterocycles. The molecule has 8 nitrogen and oxygen atoms in total. The maximum absolute atomic E-state index is 6.23. The lowest BCUT2D eigenvalue weighted by Crippen LogP contribution is -2.41. The number of methoxy groups -OCH3 is 1. The number of benzene rings is 1. The van der Waals surface area contributed by atoms with Crippen molar-refractivity contribution in [3.63, 3.8) is 0 Å². The number of rotatable bonds is 8. The number of aromatic nitrogens is 2. The fourth-order valence-corrected chi connectivity index (χ4v) is 2.83. The van der Waals surface area contributed by atoms with E-state index in [-0.39, 0.29) is 12.7 Å². The summed E-state index contributed by atoms with van der Waals surface area (Å²) in [6, 6.07) is 7.50. The first-order chi connectivity index (χ1) is 13.7. The van der Waals surface area contributed by atoms with Gasteiger partial charge in [0.2, 0.25) is 5.95 Å². The van der Waals surface area contributed by atoms with Crippen LogP contribution in [-0.2, 0) is 18.8 Å². The van der Waals surface area contributed by atoms with Crippen molar-refractivity contribution in [2.75, 3.05) is 32.9 Å². The van der Waals surface area contributed by atoms with Crippen LogP contribution < -0.4 is 15.9 Å². The summed E-state index contributed by atoms with van der Waals surface area (Å²) in [6.07, 6.45) is 1.63. The Morgan fingerprint density at radius 3 is 2.45 bits per heavy atom. The Morgan fingerprint density at radius 1 is 1.07 bits per heavy atom. The molecular formula is C20H28BN3O5. The number of nitrogens with two attached hydrogens (primary N) is 1. The lowest BCUT2D eigenvalue weighted by Gasteiger charge is -2.32. The molecular weight excluding hydrogens is 373 g/mol. The highest BCUT2D eigenvalue weighted by molar-refractivity contribution is 6.63. The lowest BCUT2D eigenvalue weighted by atomic mass is 9.77. The minimum Gasteiger partial charge on any atom is -0.468 e.